The molecule has 2 rings (SSSR count). The highest BCUT2D eigenvalue weighted by molar-refractivity contribution is 5.53. The number of nitrogens with zero attached hydrogens (tertiary/aromatic N) is 1. The lowest BCUT2D eigenvalue weighted by molar-refractivity contribution is 0.580. The molecule has 16 heavy (non-hydrogen) atoms. The number of aromatic nitrogens is 1. The highest BCUT2D eigenvalue weighted by Gasteiger charge is 2.14. The summed E-state index contributed by atoms with van der Waals surface area (Å²) in [7, 11) is 0. The molecular weight excluding hydrogens is 198 g/mol. The van der Waals surface area contributed by atoms with E-state index in [4.69, 9.17) is 0 Å². The van der Waals surface area contributed by atoms with E-state index in [-0.39, 0.29) is 0 Å². The molecule has 1 aliphatic rings. The van der Waals surface area contributed by atoms with Gasteiger partial charge < -0.3 is 10.6 Å². The van der Waals surface area contributed by atoms with Gasteiger partial charge in [0.25, 0.3) is 0 Å². The summed E-state index contributed by atoms with van der Waals surface area (Å²) in [5.74, 6) is 0.864. The smallest absolute Gasteiger partial charge is 0.0547 e. The lowest BCUT2D eigenvalue weighted by Crippen LogP contribution is -2.11. The molecule has 0 radical (unpaired) electrons. The predicted molar refractivity (Wildman–Crippen MR) is 68.8 cm³/mol. The maximum Gasteiger partial charge on any atom is 0.0547 e. The Labute approximate surface area is 97.7 Å². The minimum atomic E-state index is 0.864. The Morgan fingerprint density at radius 3 is 2.56 bits per heavy atom. The van der Waals surface area contributed by atoms with Gasteiger partial charge in [-0.2, -0.15) is 0 Å². The van der Waals surface area contributed by atoms with E-state index in [9.17, 15) is 0 Å². The number of rotatable bonds is 5. The minimum absolute atomic E-state index is 0.864. The van der Waals surface area contributed by atoms with Crippen LogP contribution >= 0.6 is 0 Å². The molecular formula is C13H21N3. The molecule has 0 unspecified atom stereocenters. The zero-order chi connectivity index (χ0) is 11.2. The molecule has 0 amide bonds. The number of anilines is 2. The normalized spacial score (nSPS) is 16.3. The maximum absolute atomic E-state index is 4.22. The lowest BCUT2D eigenvalue weighted by atomic mass is 10.1. The molecule has 0 aromatic carbocycles. The van der Waals surface area contributed by atoms with Crippen LogP contribution in [-0.4, -0.2) is 18.1 Å². The summed E-state index contributed by atoms with van der Waals surface area (Å²) in [4.78, 5) is 4.22. The Hall–Kier alpha value is -1.25. The van der Waals surface area contributed by atoms with Crippen LogP contribution in [-0.2, 0) is 0 Å². The summed E-state index contributed by atoms with van der Waals surface area (Å²) < 4.78 is 0. The molecule has 0 atom stereocenters. The number of pyridine rings is 1. The minimum Gasteiger partial charge on any atom is -0.384 e. The number of hydrogen-bond donors (Lipinski definition) is 2. The molecule has 1 aromatic heterocycles. The second kappa shape index (κ2) is 5.73. The first-order chi connectivity index (χ1) is 7.88. The van der Waals surface area contributed by atoms with Crippen LogP contribution < -0.4 is 10.6 Å². The molecule has 0 aliphatic heterocycles. The molecule has 2 N–H and O–H groups in total. The molecule has 88 valence electrons. The Kier molecular flexibility index (Phi) is 4.03. The van der Waals surface area contributed by atoms with Gasteiger partial charge in [0.1, 0.15) is 0 Å². The standard InChI is InChI=1S/C13H21N3/c1-2-15-12-7-13(10-14-9-12)16-8-11-5-3-4-6-11/h7,9-11,15-16H,2-6,8H2,1H3. The van der Waals surface area contributed by atoms with E-state index in [0.29, 0.717) is 0 Å². The van der Waals surface area contributed by atoms with E-state index < -0.39 is 0 Å². The summed E-state index contributed by atoms with van der Waals surface area (Å²) in [6.07, 6.45) is 9.34. The van der Waals surface area contributed by atoms with Gasteiger partial charge in [0.2, 0.25) is 0 Å². The van der Waals surface area contributed by atoms with Gasteiger partial charge in [0, 0.05) is 13.1 Å². The third-order valence-electron chi connectivity index (χ3n) is 3.19. The summed E-state index contributed by atoms with van der Waals surface area (Å²) in [5, 5.41) is 6.76. The molecule has 0 saturated heterocycles. The van der Waals surface area contributed by atoms with Crippen LogP contribution in [0.2, 0.25) is 0 Å². The highest BCUT2D eigenvalue weighted by Crippen LogP contribution is 2.25. The maximum atomic E-state index is 4.22. The summed E-state index contributed by atoms with van der Waals surface area (Å²) in [6, 6.07) is 2.13. The van der Waals surface area contributed by atoms with Gasteiger partial charge in [-0.25, -0.2) is 0 Å². The fourth-order valence-electron chi connectivity index (χ4n) is 2.31. The van der Waals surface area contributed by atoms with Gasteiger partial charge >= 0.3 is 0 Å². The molecule has 1 heterocycles. The third kappa shape index (κ3) is 3.12. The van der Waals surface area contributed by atoms with Crippen molar-refractivity contribution < 1.29 is 0 Å². The van der Waals surface area contributed by atoms with E-state index in [1.54, 1.807) is 0 Å². The lowest BCUT2D eigenvalue weighted by Gasteiger charge is -2.12. The van der Waals surface area contributed by atoms with Crippen LogP contribution in [0.3, 0.4) is 0 Å². The second-order valence-corrected chi connectivity index (χ2v) is 4.52. The number of nitrogens with one attached hydrogen (secondary N) is 2. The molecule has 0 bridgehead atoms. The fraction of sp³-hybridized carbons (Fsp3) is 0.615. The molecule has 3 nitrogen and oxygen atoms in total. The van der Waals surface area contributed by atoms with Crippen LogP contribution in [0, 0.1) is 5.92 Å². The topological polar surface area (TPSA) is 37.0 Å². The Morgan fingerprint density at radius 1 is 1.19 bits per heavy atom. The Balaban J connectivity index is 1.85. The molecule has 1 fully saturated rings. The molecule has 1 saturated carbocycles. The summed E-state index contributed by atoms with van der Waals surface area (Å²) >= 11 is 0. The summed E-state index contributed by atoms with van der Waals surface area (Å²) in [6.45, 7) is 4.13. The van der Waals surface area contributed by atoms with Crippen molar-refractivity contribution in [1.29, 1.82) is 0 Å². The van der Waals surface area contributed by atoms with Crippen molar-refractivity contribution in [2.75, 3.05) is 23.7 Å². The van der Waals surface area contributed by atoms with Gasteiger partial charge in [-0.1, -0.05) is 12.8 Å². The van der Waals surface area contributed by atoms with E-state index in [0.717, 1.165) is 30.4 Å². The van der Waals surface area contributed by atoms with Crippen molar-refractivity contribution in [3.63, 3.8) is 0 Å². The largest absolute Gasteiger partial charge is 0.384 e. The molecule has 1 aliphatic carbocycles. The van der Waals surface area contributed by atoms with Crippen molar-refractivity contribution in [2.24, 2.45) is 5.92 Å². The van der Waals surface area contributed by atoms with Gasteiger partial charge in [-0.05, 0) is 31.7 Å². The van der Waals surface area contributed by atoms with Crippen LogP contribution in [0.25, 0.3) is 0 Å². The molecule has 3 heteroatoms. The first kappa shape index (κ1) is 11.2. The fourth-order valence-corrected chi connectivity index (χ4v) is 2.31. The van der Waals surface area contributed by atoms with Crippen molar-refractivity contribution >= 4 is 11.4 Å². The van der Waals surface area contributed by atoms with Crippen LogP contribution in [0.5, 0.6) is 0 Å². The van der Waals surface area contributed by atoms with E-state index in [1.165, 1.54) is 25.7 Å². The Bertz CT molecular complexity index is 319. The van der Waals surface area contributed by atoms with E-state index in [2.05, 4.69) is 28.6 Å². The van der Waals surface area contributed by atoms with E-state index >= 15 is 0 Å². The number of hydrogen-bond acceptors (Lipinski definition) is 3. The third-order valence-corrected chi connectivity index (χ3v) is 3.19. The average Bonchev–Trinajstić information content (AvgIpc) is 2.80. The SMILES string of the molecule is CCNc1cncc(NCC2CCCC2)c1. The van der Waals surface area contributed by atoms with Crippen molar-refractivity contribution in [2.45, 2.75) is 32.6 Å². The van der Waals surface area contributed by atoms with Crippen molar-refractivity contribution in [3.05, 3.63) is 18.5 Å². The zero-order valence-electron chi connectivity index (χ0n) is 10.00. The summed E-state index contributed by atoms with van der Waals surface area (Å²) in [5.41, 5.74) is 2.23. The zero-order valence-corrected chi connectivity index (χ0v) is 10.00. The van der Waals surface area contributed by atoms with Crippen LogP contribution in [0.1, 0.15) is 32.6 Å². The monoisotopic (exact) mass is 219 g/mol. The first-order valence-electron chi connectivity index (χ1n) is 6.31. The highest BCUT2D eigenvalue weighted by atomic mass is 14.9. The van der Waals surface area contributed by atoms with Gasteiger partial charge in [-0.15, -0.1) is 0 Å². The molecule has 1 aromatic rings. The van der Waals surface area contributed by atoms with Crippen LogP contribution in [0.15, 0.2) is 18.5 Å². The quantitative estimate of drug-likeness (QED) is 0.799. The van der Waals surface area contributed by atoms with Crippen molar-refractivity contribution in [3.8, 4) is 0 Å². The predicted octanol–water partition coefficient (Wildman–Crippen LogP) is 3.12. The average molecular weight is 219 g/mol. The van der Waals surface area contributed by atoms with Crippen LogP contribution in [0.4, 0.5) is 11.4 Å². The first-order valence-corrected chi connectivity index (χ1v) is 6.31. The van der Waals surface area contributed by atoms with Crippen molar-refractivity contribution in [1.82, 2.24) is 4.98 Å². The second-order valence-electron chi connectivity index (χ2n) is 4.52. The van der Waals surface area contributed by atoms with Gasteiger partial charge in [0.05, 0.1) is 23.8 Å². The van der Waals surface area contributed by atoms with Gasteiger partial charge in [0.15, 0.2) is 0 Å². The Morgan fingerprint density at radius 2 is 1.88 bits per heavy atom. The van der Waals surface area contributed by atoms with E-state index in [1.807, 2.05) is 12.4 Å². The molecule has 0 spiro atoms. The van der Waals surface area contributed by atoms with Gasteiger partial charge in [-0.3, -0.25) is 4.98 Å².